The molecule has 0 fully saturated rings. The number of halogens is 2. The molecule has 110 valence electrons. The summed E-state index contributed by atoms with van der Waals surface area (Å²) in [5.41, 5.74) is 0.782. The molecule has 0 unspecified atom stereocenters. The van der Waals surface area contributed by atoms with E-state index in [9.17, 15) is 4.39 Å². The van der Waals surface area contributed by atoms with Gasteiger partial charge in [0.2, 0.25) is 0 Å². The molecule has 19 heavy (non-hydrogen) atoms. The molecule has 0 saturated heterocycles. The van der Waals surface area contributed by atoms with Crippen LogP contribution >= 0.6 is 21.5 Å². The van der Waals surface area contributed by atoms with Crippen molar-refractivity contribution in [2.45, 2.75) is 26.9 Å². The molecule has 0 N–H and O–H groups in total. The van der Waals surface area contributed by atoms with Crippen LogP contribution in [0, 0.1) is 5.82 Å². The van der Waals surface area contributed by atoms with Gasteiger partial charge in [-0.15, -0.1) is 0 Å². The first-order valence-corrected chi connectivity index (χ1v) is 10.6. The van der Waals surface area contributed by atoms with Gasteiger partial charge in [0.05, 0.1) is 0 Å². The van der Waals surface area contributed by atoms with E-state index in [4.69, 9.17) is 13.6 Å². The van der Waals surface area contributed by atoms with E-state index in [0.717, 1.165) is 5.56 Å². The first kappa shape index (κ1) is 17.0. The normalized spacial score (nSPS) is 14.1. The van der Waals surface area contributed by atoms with E-state index in [-0.39, 0.29) is 5.82 Å². The predicted octanol–water partition coefficient (Wildman–Crippen LogP) is 5.04. The summed E-state index contributed by atoms with van der Waals surface area (Å²) >= 11 is 3.58. The van der Waals surface area contributed by atoms with Gasteiger partial charge in [0.1, 0.15) is 0 Å². The van der Waals surface area contributed by atoms with Crippen molar-refractivity contribution < 1.29 is 18.0 Å². The topological polar surface area (TPSA) is 27.7 Å². The van der Waals surface area contributed by atoms with Gasteiger partial charge in [-0.1, -0.05) is 0 Å². The number of hydrogen-bond donors (Lipinski definition) is 0. The minimum atomic E-state index is -3.40. The molecule has 0 aliphatic carbocycles. The van der Waals surface area contributed by atoms with Gasteiger partial charge in [-0.2, -0.15) is 0 Å². The molecule has 1 aromatic rings. The predicted molar refractivity (Wildman–Crippen MR) is 80.8 cm³/mol. The van der Waals surface area contributed by atoms with E-state index in [2.05, 4.69) is 15.5 Å². The zero-order valence-electron chi connectivity index (χ0n) is 11.6. The second-order valence-electron chi connectivity index (χ2n) is 3.98. The average Bonchev–Trinajstić information content (AvgIpc) is 2.29. The van der Waals surface area contributed by atoms with Crippen molar-refractivity contribution in [2.75, 3.05) is 19.8 Å². The summed E-state index contributed by atoms with van der Waals surface area (Å²) in [6.45, 7) is 7.01. The third kappa shape index (κ3) is 4.76. The molecule has 0 bridgehead atoms. The van der Waals surface area contributed by atoms with Crippen molar-refractivity contribution in [3.05, 3.63) is 35.6 Å². The van der Waals surface area contributed by atoms with Crippen LogP contribution < -0.4 is 0 Å². The van der Waals surface area contributed by atoms with Crippen molar-refractivity contribution in [2.24, 2.45) is 0 Å². The molecular weight excluding hydrogens is 334 g/mol. The maximum absolute atomic E-state index is 13.3. The van der Waals surface area contributed by atoms with Crippen LogP contribution in [0.1, 0.15) is 26.3 Å². The van der Waals surface area contributed by atoms with Crippen LogP contribution in [0.4, 0.5) is 4.39 Å². The molecule has 0 aliphatic heterocycles. The summed E-state index contributed by atoms with van der Waals surface area (Å²) in [5.74, 6) is -3.68. The van der Waals surface area contributed by atoms with Crippen LogP contribution in [0.2, 0.25) is 0 Å². The van der Waals surface area contributed by atoms with Crippen LogP contribution in [0.5, 0.6) is 0 Å². The van der Waals surface area contributed by atoms with Gasteiger partial charge in [-0.05, 0) is 0 Å². The molecule has 6 heteroatoms. The summed E-state index contributed by atoms with van der Waals surface area (Å²) in [7, 11) is 0. The van der Waals surface area contributed by atoms with Gasteiger partial charge >= 0.3 is 122 Å². The molecule has 0 aromatic heterocycles. The monoisotopic (exact) mass is 354 g/mol. The molecule has 0 heterocycles. The Morgan fingerprint density at radius 2 is 1.58 bits per heavy atom. The fourth-order valence-electron chi connectivity index (χ4n) is 1.91. The molecule has 0 saturated carbocycles. The van der Waals surface area contributed by atoms with E-state index >= 15 is 0 Å². The molecule has 0 spiro atoms. The van der Waals surface area contributed by atoms with Crippen molar-refractivity contribution in [3.63, 3.8) is 0 Å². The summed E-state index contributed by atoms with van der Waals surface area (Å²) in [6, 6.07) is 6.39. The third-order valence-electron chi connectivity index (χ3n) is 2.45. The first-order valence-electron chi connectivity index (χ1n) is 6.38. The van der Waals surface area contributed by atoms with Gasteiger partial charge in [-0.25, -0.2) is 0 Å². The van der Waals surface area contributed by atoms with Crippen LogP contribution in [-0.2, 0) is 19.7 Å². The summed E-state index contributed by atoms with van der Waals surface area (Å²) < 4.78 is 30.8. The second kappa shape index (κ2) is 7.09. The van der Waals surface area contributed by atoms with Gasteiger partial charge in [0.15, 0.2) is 0 Å². The van der Waals surface area contributed by atoms with E-state index in [1.807, 2.05) is 26.8 Å². The Labute approximate surface area is 122 Å². The molecule has 1 rings (SSSR count). The third-order valence-corrected chi connectivity index (χ3v) is 8.16. The van der Waals surface area contributed by atoms with Crippen molar-refractivity contribution in [1.29, 1.82) is 0 Å². The van der Waals surface area contributed by atoms with Gasteiger partial charge in [0.25, 0.3) is 0 Å². The summed E-state index contributed by atoms with van der Waals surface area (Å²) in [5, 5.41) is 0. The molecular formula is C13H21BrFO3P. The van der Waals surface area contributed by atoms with Crippen LogP contribution in [0.15, 0.2) is 24.3 Å². The molecule has 1 aromatic carbocycles. The second-order valence-corrected chi connectivity index (χ2v) is 11.1. The molecule has 3 nitrogen and oxygen atoms in total. The number of hydrogen-bond acceptors (Lipinski definition) is 3. The quantitative estimate of drug-likeness (QED) is 0.611. The van der Waals surface area contributed by atoms with Crippen LogP contribution in [0.25, 0.3) is 0 Å². The Morgan fingerprint density at radius 1 is 1.05 bits per heavy atom. The summed E-state index contributed by atoms with van der Waals surface area (Å²) in [4.78, 5) is 0. The molecule has 0 radical (unpaired) electrons. The van der Waals surface area contributed by atoms with Crippen LogP contribution in [-0.4, -0.2) is 19.8 Å². The van der Waals surface area contributed by atoms with E-state index < -0.39 is 5.99 Å². The minimum absolute atomic E-state index is 0.278. The first-order chi connectivity index (χ1) is 8.95. The Kier molecular flexibility index (Phi) is 6.34. The standard InChI is InChI=1S/C13H21BrFO3P/c1-4-16-19(14,17-5-2,18-6-3)11-12-8-7-9-13(15)10-12/h7-10H,4-6,11H2,1-3H3. The van der Waals surface area contributed by atoms with E-state index in [0.29, 0.717) is 26.0 Å². The Balaban J connectivity index is 3.08. The fourth-order valence-corrected chi connectivity index (χ4v) is 7.38. The SMILES string of the molecule is CCOP(Br)(Cc1cccc(F)c1)(OCC)OCC. The zero-order valence-corrected chi connectivity index (χ0v) is 14.0. The van der Waals surface area contributed by atoms with Gasteiger partial charge < -0.3 is 0 Å². The van der Waals surface area contributed by atoms with Crippen LogP contribution in [0.3, 0.4) is 0 Å². The van der Waals surface area contributed by atoms with E-state index in [1.165, 1.54) is 12.1 Å². The van der Waals surface area contributed by atoms with Crippen molar-refractivity contribution in [1.82, 2.24) is 0 Å². The number of rotatable bonds is 8. The van der Waals surface area contributed by atoms with Crippen molar-refractivity contribution >= 4 is 21.5 Å². The van der Waals surface area contributed by atoms with Crippen molar-refractivity contribution in [3.8, 4) is 0 Å². The molecule has 0 amide bonds. The molecule has 0 aliphatic rings. The van der Waals surface area contributed by atoms with E-state index in [1.54, 1.807) is 6.07 Å². The Morgan fingerprint density at radius 3 is 2.00 bits per heavy atom. The van der Waals surface area contributed by atoms with Gasteiger partial charge in [0, 0.05) is 0 Å². The molecule has 0 atom stereocenters. The average molecular weight is 355 g/mol. The Bertz CT molecular complexity index is 397. The maximum atomic E-state index is 13.3. The fraction of sp³-hybridized carbons (Fsp3) is 0.538. The zero-order chi connectivity index (χ0) is 14.4. The number of benzene rings is 1. The summed E-state index contributed by atoms with van der Waals surface area (Å²) in [6.07, 6.45) is 0.374. The Hall–Kier alpha value is -0.0600. The van der Waals surface area contributed by atoms with Gasteiger partial charge in [-0.3, -0.25) is 0 Å².